The van der Waals surface area contributed by atoms with E-state index in [0.29, 0.717) is 28.9 Å². The molecule has 0 fully saturated rings. The first-order valence-corrected chi connectivity index (χ1v) is 27.5. The number of hydrogen-bond acceptors (Lipinski definition) is 6. The van der Waals surface area contributed by atoms with Gasteiger partial charge >= 0.3 is 0 Å². The molecule has 79 heavy (non-hydrogen) atoms. The Kier molecular flexibility index (Phi) is 7.08. The molecule has 5 nitrogen and oxygen atoms in total. The van der Waals surface area contributed by atoms with Crippen molar-refractivity contribution in [1.29, 1.82) is 0 Å². The van der Waals surface area contributed by atoms with E-state index in [1.165, 1.54) is 4.90 Å². The summed E-state index contributed by atoms with van der Waals surface area (Å²) in [5.74, 6) is -2.16. The van der Waals surface area contributed by atoms with Gasteiger partial charge in [0, 0.05) is 48.6 Å². The van der Waals surface area contributed by atoms with Crippen molar-refractivity contribution in [3.05, 3.63) is 190 Å². The molecular formula is C72H78BN5S. The van der Waals surface area contributed by atoms with E-state index in [4.69, 9.17) is 12.7 Å². The second-order valence-corrected chi connectivity index (χ2v) is 27.3. The Hall–Kier alpha value is -6.96. The monoisotopic (exact) mass is 1080 g/mol. The standard InChI is InChI=1S/C72H78BN5S/c1-67(2,3)46-29-27-45(28-30-46)53-41-47(68(4,5)6)31-36-58(53)78-59-37-32-49(70(10,11)12)43-57(59)73-61-64(74-66(75-65(61)78)76(50-23-19-17-20-24-50)51-25-21-18-22-26-51)77(52-34-35-55-56(44-52)72(15,16)40-39-71(55,13)14)62-54-42-48(69(7,8)9)33-38-60(54)79-63(62)73/h17-38,41-44H,39-40H2,1-16H3/i17D,18D,19D,20D,21D,22D,23D,24D,25D,26D,27D,28D,29D,30D,31D,32D,33D,34D,35D,36D,37D,38D,41D,42D,43D,44D. The van der Waals surface area contributed by atoms with Crippen molar-refractivity contribution in [2.45, 2.75) is 156 Å². The third kappa shape index (κ3) is 8.99. The molecule has 2 aliphatic heterocycles. The van der Waals surface area contributed by atoms with E-state index in [2.05, 4.69) is 0 Å². The summed E-state index contributed by atoms with van der Waals surface area (Å²) in [5.41, 5.74) is -11.1. The van der Waals surface area contributed by atoms with E-state index in [1.807, 2.05) is 27.7 Å². The number of fused-ring (bicyclic) bond motifs is 7. The second kappa shape index (κ2) is 18.3. The smallest absolute Gasteiger partial charge is 0.268 e. The molecule has 12 rings (SSSR count). The van der Waals surface area contributed by atoms with E-state index in [1.54, 1.807) is 83.1 Å². The number of nitrogens with zero attached hydrogens (tertiary/aromatic N) is 5. The summed E-state index contributed by atoms with van der Waals surface area (Å²) < 4.78 is 258. The Morgan fingerprint density at radius 1 is 0.519 bits per heavy atom. The molecule has 0 atom stereocenters. The van der Waals surface area contributed by atoms with Gasteiger partial charge < -0.3 is 0 Å². The fraction of sp³-hybridized carbons (Fsp3) is 0.333. The van der Waals surface area contributed by atoms with Gasteiger partial charge in [-0.2, -0.15) is 9.97 Å². The van der Waals surface area contributed by atoms with Crippen molar-refractivity contribution in [1.82, 2.24) is 9.97 Å². The first-order chi connectivity index (χ1) is 48.1. The number of aromatic nitrogens is 2. The number of rotatable bonds is 6. The molecule has 0 amide bonds. The quantitative estimate of drug-likeness (QED) is 0.155. The summed E-state index contributed by atoms with van der Waals surface area (Å²) in [7, 11) is 0. The van der Waals surface area contributed by atoms with Gasteiger partial charge in [0.2, 0.25) is 5.95 Å². The van der Waals surface area contributed by atoms with Crippen molar-refractivity contribution in [2.24, 2.45) is 0 Å². The van der Waals surface area contributed by atoms with Crippen LogP contribution in [0.25, 0.3) is 21.2 Å². The third-order valence-corrected chi connectivity index (χ3v) is 16.3. The average Bonchev–Trinajstić information content (AvgIpc) is 1.66. The van der Waals surface area contributed by atoms with Crippen LogP contribution >= 0.6 is 11.3 Å². The zero-order valence-electron chi connectivity index (χ0n) is 73.6. The van der Waals surface area contributed by atoms with Crippen LogP contribution < -0.4 is 30.4 Å². The first kappa shape index (κ1) is 30.6. The molecule has 0 spiro atoms. The molecule has 0 saturated heterocycles. The molecule has 0 N–H and O–H groups in total. The predicted octanol–water partition coefficient (Wildman–Crippen LogP) is 18.4. The fourth-order valence-corrected chi connectivity index (χ4v) is 11.6. The van der Waals surface area contributed by atoms with Crippen LogP contribution in [0, 0.1) is 0 Å². The number of anilines is 9. The van der Waals surface area contributed by atoms with Gasteiger partial charge in [0.1, 0.15) is 11.6 Å². The summed E-state index contributed by atoms with van der Waals surface area (Å²) in [6, 6.07) is -18.9. The van der Waals surface area contributed by atoms with Crippen LogP contribution in [0.15, 0.2) is 157 Å². The largest absolute Gasteiger partial charge is 0.295 e. The van der Waals surface area contributed by atoms with Crippen molar-refractivity contribution >= 4 is 95.5 Å². The predicted molar refractivity (Wildman–Crippen MR) is 342 cm³/mol. The molecule has 9 aromatic rings. The fourth-order valence-electron chi connectivity index (χ4n) is 10.4. The number of hydrogen-bond donors (Lipinski definition) is 0. The lowest BCUT2D eigenvalue weighted by Gasteiger charge is -2.44. The summed E-state index contributed by atoms with van der Waals surface area (Å²) in [4.78, 5) is 13.6. The van der Waals surface area contributed by atoms with E-state index >= 15 is 0 Å². The van der Waals surface area contributed by atoms with Gasteiger partial charge in [-0.25, -0.2) is 0 Å². The summed E-state index contributed by atoms with van der Waals surface area (Å²) >= 11 is 0.872. The van der Waals surface area contributed by atoms with Crippen LogP contribution in [0.3, 0.4) is 0 Å². The molecule has 0 bridgehead atoms. The minimum atomic E-state index is -1.66. The van der Waals surface area contributed by atoms with Crippen molar-refractivity contribution in [2.75, 3.05) is 14.7 Å². The van der Waals surface area contributed by atoms with Crippen molar-refractivity contribution in [3.8, 4) is 11.1 Å². The van der Waals surface area contributed by atoms with Crippen LogP contribution in [-0.4, -0.2) is 16.7 Å². The molecule has 0 saturated carbocycles. The van der Waals surface area contributed by atoms with Crippen LogP contribution in [0.2, 0.25) is 0 Å². The molecule has 4 heterocycles. The van der Waals surface area contributed by atoms with E-state index in [9.17, 15) is 32.9 Å². The zero-order chi connectivity index (χ0) is 78.6. The highest BCUT2D eigenvalue weighted by Crippen LogP contribution is 2.53. The topological polar surface area (TPSA) is 35.5 Å². The van der Waals surface area contributed by atoms with E-state index in [0.717, 1.165) is 16.2 Å². The van der Waals surface area contributed by atoms with Crippen molar-refractivity contribution in [3.63, 3.8) is 0 Å². The third-order valence-electron chi connectivity index (χ3n) is 15.1. The van der Waals surface area contributed by atoms with Crippen LogP contribution in [0.4, 0.5) is 51.7 Å². The molecular weight excluding hydrogens is 978 g/mol. The highest BCUT2D eigenvalue weighted by molar-refractivity contribution is 7.33. The van der Waals surface area contributed by atoms with Gasteiger partial charge in [0.25, 0.3) is 6.71 Å². The average molecular weight is 1080 g/mol. The Bertz CT molecular complexity index is 5270. The molecule has 7 aromatic carbocycles. The van der Waals surface area contributed by atoms with Gasteiger partial charge in [-0.3, -0.25) is 14.7 Å². The zero-order valence-corrected chi connectivity index (χ0v) is 48.5. The normalized spacial score (nSPS) is 20.2. The summed E-state index contributed by atoms with van der Waals surface area (Å²) in [5, 5.41) is -0.0768. The van der Waals surface area contributed by atoms with Gasteiger partial charge in [-0.15, -0.1) is 11.3 Å². The maximum absolute atomic E-state index is 10.9. The molecule has 2 aromatic heterocycles. The van der Waals surface area contributed by atoms with E-state index in [-0.39, 0.29) is 77.9 Å². The van der Waals surface area contributed by atoms with Gasteiger partial charge in [0.15, 0.2) is 0 Å². The number of thiophene rings is 1. The van der Waals surface area contributed by atoms with Crippen LogP contribution in [0.1, 0.15) is 193 Å². The SMILES string of the molecule is [2H]c1c([2H])c([2H])c(N(c2nc3c4c(n2)N(c2c([2H])c([2H])c5c(c2[2H])C(C)(C)CCC5(C)C)c2c(sc5c([2H])c([2H])c(C(C)(C)C)c([2H])c25)B4c2c([2H])c(C(C)(C)C)c([2H])c([2H])c2N3c2c([2H])c([2H])c(C(C)(C)C)c([2H])c2-c2c([2H])c([2H])c(C(C)(C)C)c([2H])c2[2H])c2c([2H])c([2H])c([2H])c([2H])c2[2H])c([2H])c1[2H]. The molecule has 400 valence electrons. The summed E-state index contributed by atoms with van der Waals surface area (Å²) in [6.07, 6.45) is 0.967. The Morgan fingerprint density at radius 3 is 1.61 bits per heavy atom. The van der Waals surface area contributed by atoms with Gasteiger partial charge in [-0.1, -0.05) is 201 Å². The van der Waals surface area contributed by atoms with Crippen LogP contribution in [-0.2, 0) is 32.5 Å². The van der Waals surface area contributed by atoms with Crippen LogP contribution in [0.5, 0.6) is 0 Å². The highest BCUT2D eigenvalue weighted by atomic mass is 32.1. The maximum atomic E-state index is 10.9. The van der Waals surface area contributed by atoms with Gasteiger partial charge in [0.05, 0.1) is 47.0 Å². The van der Waals surface area contributed by atoms with Gasteiger partial charge in [-0.05, 0) is 156 Å². The number of benzene rings is 7. The first-order valence-electron chi connectivity index (χ1n) is 39.6. The molecule has 7 heteroatoms. The molecule has 0 unspecified atom stereocenters. The molecule has 0 radical (unpaired) electrons. The molecule has 1 aliphatic carbocycles. The lowest BCUT2D eigenvalue weighted by Crippen LogP contribution is -2.61. The Labute approximate surface area is 512 Å². The molecule has 3 aliphatic rings. The minimum absolute atomic E-state index is 0.0259. The Morgan fingerprint density at radius 2 is 1.03 bits per heavy atom. The highest BCUT2D eigenvalue weighted by Gasteiger charge is 2.49. The lowest BCUT2D eigenvalue weighted by atomic mass is 9.36. The number of para-hydroxylation sites is 2. The lowest BCUT2D eigenvalue weighted by molar-refractivity contribution is 0.332. The van der Waals surface area contributed by atoms with Crippen molar-refractivity contribution < 1.29 is 35.6 Å². The maximum Gasteiger partial charge on any atom is 0.268 e. The Balaban J connectivity index is 1.48. The summed E-state index contributed by atoms with van der Waals surface area (Å²) in [6.45, 7) is 26.3. The second-order valence-electron chi connectivity index (χ2n) is 26.2. The van der Waals surface area contributed by atoms with E-state index < -0.39 is 229 Å². The minimum Gasteiger partial charge on any atom is -0.295 e.